The van der Waals surface area contributed by atoms with Gasteiger partial charge in [-0.05, 0) is 18.4 Å². The first-order valence-electron chi connectivity index (χ1n) is 8.82. The summed E-state index contributed by atoms with van der Waals surface area (Å²) < 4.78 is 0. The zero-order valence-corrected chi connectivity index (χ0v) is 14.2. The van der Waals surface area contributed by atoms with Crippen molar-refractivity contribution in [3.8, 4) is 0 Å². The number of benzene rings is 1. The maximum absolute atomic E-state index is 12.8. The van der Waals surface area contributed by atoms with E-state index in [-0.39, 0.29) is 12.3 Å². The molecular weight excluding hydrogens is 316 g/mol. The zero-order valence-electron chi connectivity index (χ0n) is 14.2. The van der Waals surface area contributed by atoms with Crippen LogP contribution in [0, 0.1) is 0 Å². The molecule has 0 saturated heterocycles. The number of aromatic amines is 1. The lowest BCUT2D eigenvalue weighted by Gasteiger charge is -2.22. The first-order valence-corrected chi connectivity index (χ1v) is 8.82. The second-order valence-corrected chi connectivity index (χ2v) is 6.64. The molecule has 1 atom stereocenters. The molecule has 4 N–H and O–H groups in total. The van der Waals surface area contributed by atoms with Gasteiger partial charge in [-0.2, -0.15) is 5.10 Å². The molecule has 1 saturated carbocycles. The number of primary amides is 1. The number of H-pyrrole nitrogens is 1. The Kier molecular flexibility index (Phi) is 5.48. The molecule has 25 heavy (non-hydrogen) atoms. The molecule has 3 rings (SSSR count). The molecule has 1 aromatic carbocycles. The molecule has 0 radical (unpaired) electrons. The first-order chi connectivity index (χ1) is 12.1. The van der Waals surface area contributed by atoms with Gasteiger partial charge in [-0.3, -0.25) is 14.7 Å². The summed E-state index contributed by atoms with van der Waals surface area (Å²) in [6.45, 7) is 0. The molecule has 0 spiro atoms. The van der Waals surface area contributed by atoms with Crippen molar-refractivity contribution < 1.29 is 9.59 Å². The van der Waals surface area contributed by atoms with Crippen LogP contribution in [0.15, 0.2) is 36.5 Å². The van der Waals surface area contributed by atoms with Gasteiger partial charge in [0.1, 0.15) is 0 Å². The van der Waals surface area contributed by atoms with Gasteiger partial charge >= 0.3 is 0 Å². The van der Waals surface area contributed by atoms with Crippen molar-refractivity contribution in [2.24, 2.45) is 5.73 Å². The lowest BCUT2D eigenvalue weighted by Crippen LogP contribution is -2.32. The summed E-state index contributed by atoms with van der Waals surface area (Å²) in [5.74, 6) is -0.318. The van der Waals surface area contributed by atoms with Crippen molar-refractivity contribution in [3.05, 3.63) is 53.3 Å². The van der Waals surface area contributed by atoms with Crippen LogP contribution in [-0.2, 0) is 4.79 Å². The Labute approximate surface area is 147 Å². The van der Waals surface area contributed by atoms with Gasteiger partial charge in [0.2, 0.25) is 5.91 Å². The van der Waals surface area contributed by atoms with Gasteiger partial charge in [0.15, 0.2) is 0 Å². The van der Waals surface area contributed by atoms with Crippen molar-refractivity contribution in [1.82, 2.24) is 15.5 Å². The van der Waals surface area contributed by atoms with E-state index in [4.69, 9.17) is 5.73 Å². The number of nitrogens with one attached hydrogen (secondary N) is 2. The Morgan fingerprint density at radius 3 is 2.60 bits per heavy atom. The third kappa shape index (κ3) is 4.26. The molecule has 0 bridgehead atoms. The minimum atomic E-state index is -0.450. The van der Waals surface area contributed by atoms with Crippen LogP contribution in [0.1, 0.15) is 72.1 Å². The minimum absolute atomic E-state index is 0.0619. The summed E-state index contributed by atoms with van der Waals surface area (Å²) in [6, 6.07) is 8.96. The molecule has 6 nitrogen and oxygen atoms in total. The van der Waals surface area contributed by atoms with Gasteiger partial charge in [-0.1, -0.05) is 49.6 Å². The number of carbonyl (C=O) groups excluding carboxylic acids is 2. The highest BCUT2D eigenvalue weighted by atomic mass is 16.2. The van der Waals surface area contributed by atoms with Crippen molar-refractivity contribution >= 4 is 11.8 Å². The molecule has 2 amide bonds. The molecule has 1 aromatic heterocycles. The van der Waals surface area contributed by atoms with Crippen LogP contribution < -0.4 is 11.1 Å². The Bertz CT molecular complexity index is 720. The van der Waals surface area contributed by atoms with Crippen LogP contribution in [-0.4, -0.2) is 22.0 Å². The van der Waals surface area contributed by atoms with Gasteiger partial charge in [-0.15, -0.1) is 0 Å². The van der Waals surface area contributed by atoms with E-state index < -0.39 is 11.9 Å². The van der Waals surface area contributed by atoms with Gasteiger partial charge < -0.3 is 11.1 Å². The topological polar surface area (TPSA) is 101 Å². The molecule has 1 heterocycles. The van der Waals surface area contributed by atoms with Crippen LogP contribution >= 0.6 is 0 Å². The normalized spacial score (nSPS) is 16.3. The van der Waals surface area contributed by atoms with E-state index in [1.54, 1.807) is 6.20 Å². The van der Waals surface area contributed by atoms with E-state index in [0.717, 1.165) is 24.1 Å². The third-order valence-electron chi connectivity index (χ3n) is 4.84. The number of amides is 2. The summed E-state index contributed by atoms with van der Waals surface area (Å²) in [6.07, 6.45) is 7.40. The second-order valence-electron chi connectivity index (χ2n) is 6.64. The Morgan fingerprint density at radius 2 is 1.92 bits per heavy atom. The van der Waals surface area contributed by atoms with E-state index in [1.165, 1.54) is 19.3 Å². The zero-order chi connectivity index (χ0) is 17.6. The summed E-state index contributed by atoms with van der Waals surface area (Å²) >= 11 is 0. The van der Waals surface area contributed by atoms with Crippen LogP contribution in [0.4, 0.5) is 0 Å². The number of hydrogen-bond acceptors (Lipinski definition) is 3. The smallest absolute Gasteiger partial charge is 0.255 e. The van der Waals surface area contributed by atoms with Gasteiger partial charge in [0.25, 0.3) is 5.91 Å². The van der Waals surface area contributed by atoms with E-state index >= 15 is 0 Å². The van der Waals surface area contributed by atoms with Crippen LogP contribution in [0.3, 0.4) is 0 Å². The van der Waals surface area contributed by atoms with Crippen molar-refractivity contribution in [2.45, 2.75) is 50.5 Å². The van der Waals surface area contributed by atoms with E-state index in [9.17, 15) is 9.59 Å². The largest absolute Gasteiger partial charge is 0.370 e. The molecule has 0 unspecified atom stereocenters. The van der Waals surface area contributed by atoms with E-state index in [0.29, 0.717) is 11.5 Å². The second kappa shape index (κ2) is 7.96. The third-order valence-corrected chi connectivity index (χ3v) is 4.84. The SMILES string of the molecule is NC(=O)C[C@H](NC(=O)c1cn[nH]c1C1CCCCC1)c1ccccc1. The lowest BCUT2D eigenvalue weighted by atomic mass is 9.85. The van der Waals surface area contributed by atoms with E-state index in [1.807, 2.05) is 30.3 Å². The average Bonchev–Trinajstić information content (AvgIpc) is 3.12. The quantitative estimate of drug-likeness (QED) is 0.753. The standard InChI is InChI=1S/C19H24N4O2/c20-17(24)11-16(13-7-3-1-4-8-13)22-19(25)15-12-21-23-18(15)14-9-5-2-6-10-14/h1,3-4,7-8,12,14,16H,2,5-6,9-11H2,(H2,20,24)(H,21,23)(H,22,25)/t16-/m0/s1. The molecule has 6 heteroatoms. The summed E-state index contributed by atoms with van der Waals surface area (Å²) in [7, 11) is 0. The maximum atomic E-state index is 12.8. The molecule has 2 aromatic rings. The van der Waals surface area contributed by atoms with Gasteiger partial charge in [0.05, 0.1) is 29.9 Å². The molecule has 1 aliphatic carbocycles. The highest BCUT2D eigenvalue weighted by Crippen LogP contribution is 2.33. The molecule has 0 aliphatic heterocycles. The van der Waals surface area contributed by atoms with Crippen molar-refractivity contribution in [1.29, 1.82) is 0 Å². The fourth-order valence-electron chi connectivity index (χ4n) is 3.55. The summed E-state index contributed by atoms with van der Waals surface area (Å²) in [5.41, 5.74) is 7.69. The predicted octanol–water partition coefficient (Wildman–Crippen LogP) is 2.80. The van der Waals surface area contributed by atoms with Gasteiger partial charge in [-0.25, -0.2) is 0 Å². The first kappa shape index (κ1) is 17.2. The number of carbonyl (C=O) groups is 2. The number of aromatic nitrogens is 2. The fourth-order valence-corrected chi connectivity index (χ4v) is 3.55. The number of rotatable bonds is 6. The molecule has 132 valence electrons. The fraction of sp³-hybridized carbons (Fsp3) is 0.421. The molecular formula is C19H24N4O2. The Morgan fingerprint density at radius 1 is 1.20 bits per heavy atom. The Hall–Kier alpha value is -2.63. The van der Waals surface area contributed by atoms with Crippen LogP contribution in [0.2, 0.25) is 0 Å². The average molecular weight is 340 g/mol. The van der Waals surface area contributed by atoms with Crippen molar-refractivity contribution in [2.75, 3.05) is 0 Å². The monoisotopic (exact) mass is 340 g/mol. The highest BCUT2D eigenvalue weighted by molar-refractivity contribution is 5.95. The summed E-state index contributed by atoms with van der Waals surface area (Å²) in [4.78, 5) is 24.2. The number of hydrogen-bond donors (Lipinski definition) is 3. The van der Waals surface area contributed by atoms with Crippen molar-refractivity contribution in [3.63, 3.8) is 0 Å². The Balaban J connectivity index is 1.78. The summed E-state index contributed by atoms with van der Waals surface area (Å²) in [5, 5.41) is 10.0. The lowest BCUT2D eigenvalue weighted by molar-refractivity contribution is -0.118. The van der Waals surface area contributed by atoms with Gasteiger partial charge in [0, 0.05) is 5.92 Å². The highest BCUT2D eigenvalue weighted by Gasteiger charge is 2.25. The van der Waals surface area contributed by atoms with Crippen LogP contribution in [0.5, 0.6) is 0 Å². The van der Waals surface area contributed by atoms with Crippen LogP contribution in [0.25, 0.3) is 0 Å². The molecule has 1 aliphatic rings. The number of nitrogens with zero attached hydrogens (tertiary/aromatic N) is 1. The minimum Gasteiger partial charge on any atom is -0.370 e. The van der Waals surface area contributed by atoms with E-state index in [2.05, 4.69) is 15.5 Å². The maximum Gasteiger partial charge on any atom is 0.255 e. The molecule has 1 fully saturated rings. The predicted molar refractivity (Wildman–Crippen MR) is 94.9 cm³/mol. The number of nitrogens with two attached hydrogens (primary N) is 1.